The standard InChI is InChI=1S/C57H36OS/c1-32(2)33-19-20-34-26-49-42-23-21-36(28-52(42)58-53(49)29-37(34)25-33)57-45-17-9-7-15-43(45)56(44-16-8-10-18-46(44)57)35-22-24-54-50(27-35)51-30-47-40-13-5-3-11-38(40)39-12-4-6-14-41(39)48(47)31-55(51)59-54/h3-32H,1-2H3. The van der Waals surface area contributed by atoms with Gasteiger partial charge >= 0.3 is 0 Å². The summed E-state index contributed by atoms with van der Waals surface area (Å²) in [4.78, 5) is 0. The van der Waals surface area contributed by atoms with Gasteiger partial charge in [-0.1, -0.05) is 141 Å². The lowest BCUT2D eigenvalue weighted by atomic mass is 9.85. The number of rotatable bonds is 3. The summed E-state index contributed by atoms with van der Waals surface area (Å²) in [6.45, 7) is 4.49. The first-order valence-electron chi connectivity index (χ1n) is 20.6. The van der Waals surface area contributed by atoms with E-state index in [1.165, 1.54) is 107 Å². The van der Waals surface area contributed by atoms with Crippen LogP contribution in [0.15, 0.2) is 180 Å². The zero-order valence-corrected chi connectivity index (χ0v) is 33.5. The van der Waals surface area contributed by atoms with E-state index in [9.17, 15) is 0 Å². The molecule has 1 nitrogen and oxygen atoms in total. The molecule has 0 aliphatic heterocycles. The predicted molar refractivity (Wildman–Crippen MR) is 257 cm³/mol. The van der Waals surface area contributed by atoms with Crippen LogP contribution in [-0.4, -0.2) is 0 Å². The lowest BCUT2D eigenvalue weighted by molar-refractivity contribution is 0.669. The molecule has 0 atom stereocenters. The second-order valence-electron chi connectivity index (χ2n) is 16.6. The molecule has 2 heteroatoms. The van der Waals surface area contributed by atoms with E-state index >= 15 is 0 Å². The molecule has 0 radical (unpaired) electrons. The molecule has 0 amide bonds. The summed E-state index contributed by atoms with van der Waals surface area (Å²) in [6.07, 6.45) is 0. The molecule has 11 aromatic carbocycles. The molecule has 0 unspecified atom stereocenters. The Bertz CT molecular complexity index is 3880. The van der Waals surface area contributed by atoms with Crippen molar-refractivity contribution in [2.24, 2.45) is 0 Å². The maximum Gasteiger partial charge on any atom is 0.136 e. The first-order chi connectivity index (χ1) is 29.1. The van der Waals surface area contributed by atoms with E-state index in [0.29, 0.717) is 5.92 Å². The molecule has 0 saturated heterocycles. The van der Waals surface area contributed by atoms with Crippen LogP contribution in [0.2, 0.25) is 0 Å². The SMILES string of the molecule is CC(C)c1ccc2cc3c(cc2c1)oc1cc(-c2c4ccccc4c(-c4ccc5sc6cc7c8ccccc8c8ccccc8c7cc6c5c4)c4ccccc24)ccc13. The summed E-state index contributed by atoms with van der Waals surface area (Å²) in [5.41, 5.74) is 8.10. The summed E-state index contributed by atoms with van der Waals surface area (Å²) in [5, 5.41) is 20.2. The van der Waals surface area contributed by atoms with Crippen molar-refractivity contribution in [2.75, 3.05) is 0 Å². The lowest BCUT2D eigenvalue weighted by Crippen LogP contribution is -1.90. The first kappa shape index (κ1) is 33.0. The van der Waals surface area contributed by atoms with Crippen molar-refractivity contribution >= 4 is 118 Å². The minimum absolute atomic E-state index is 0.478. The first-order valence-corrected chi connectivity index (χ1v) is 21.4. The van der Waals surface area contributed by atoms with E-state index in [1.54, 1.807) is 0 Å². The molecule has 13 rings (SSSR count). The van der Waals surface area contributed by atoms with Crippen LogP contribution in [0.1, 0.15) is 25.3 Å². The average Bonchev–Trinajstić information content (AvgIpc) is 3.82. The Kier molecular flexibility index (Phi) is 6.86. The molecule has 0 fully saturated rings. The van der Waals surface area contributed by atoms with Crippen molar-refractivity contribution in [1.29, 1.82) is 0 Å². The fraction of sp³-hybridized carbons (Fsp3) is 0.0526. The Morgan fingerprint density at radius 2 is 0.864 bits per heavy atom. The molecule has 0 bridgehead atoms. The fourth-order valence-electron chi connectivity index (χ4n) is 10.1. The highest BCUT2D eigenvalue weighted by atomic mass is 32.1. The van der Waals surface area contributed by atoms with Crippen LogP contribution in [0.5, 0.6) is 0 Å². The number of fused-ring (bicyclic) bond motifs is 15. The number of hydrogen-bond acceptors (Lipinski definition) is 2. The van der Waals surface area contributed by atoms with E-state index in [0.717, 1.165) is 27.5 Å². The van der Waals surface area contributed by atoms with Gasteiger partial charge in [-0.15, -0.1) is 11.3 Å². The summed E-state index contributed by atoms with van der Waals surface area (Å²) in [6, 6.07) is 65.8. The highest BCUT2D eigenvalue weighted by Gasteiger charge is 2.20. The van der Waals surface area contributed by atoms with Crippen LogP contribution in [0.3, 0.4) is 0 Å². The van der Waals surface area contributed by atoms with Crippen molar-refractivity contribution in [3.63, 3.8) is 0 Å². The highest BCUT2D eigenvalue weighted by Crippen LogP contribution is 2.47. The highest BCUT2D eigenvalue weighted by molar-refractivity contribution is 7.25. The second-order valence-corrected chi connectivity index (χ2v) is 17.6. The minimum Gasteiger partial charge on any atom is -0.456 e. The van der Waals surface area contributed by atoms with Gasteiger partial charge in [0, 0.05) is 30.9 Å². The Morgan fingerprint density at radius 1 is 0.339 bits per heavy atom. The topological polar surface area (TPSA) is 13.1 Å². The van der Waals surface area contributed by atoms with Crippen molar-refractivity contribution < 1.29 is 4.42 Å². The lowest BCUT2D eigenvalue weighted by Gasteiger charge is -2.18. The third kappa shape index (κ3) is 4.78. The molecule has 0 aliphatic carbocycles. The van der Waals surface area contributed by atoms with Gasteiger partial charge in [0.05, 0.1) is 0 Å². The molecule has 13 aromatic rings. The van der Waals surface area contributed by atoms with E-state index in [2.05, 4.69) is 190 Å². The van der Waals surface area contributed by atoms with Gasteiger partial charge in [-0.3, -0.25) is 0 Å². The molecule has 276 valence electrons. The summed E-state index contributed by atoms with van der Waals surface area (Å²) >= 11 is 1.90. The smallest absolute Gasteiger partial charge is 0.136 e. The Hall–Kier alpha value is -7.00. The van der Waals surface area contributed by atoms with Gasteiger partial charge < -0.3 is 4.42 Å². The quantitative estimate of drug-likeness (QED) is 0.129. The van der Waals surface area contributed by atoms with Crippen LogP contribution in [0.4, 0.5) is 0 Å². The molecule has 0 aliphatic rings. The molecule has 2 aromatic heterocycles. The molecular formula is C57H36OS. The maximum absolute atomic E-state index is 6.68. The summed E-state index contributed by atoms with van der Waals surface area (Å²) in [5.74, 6) is 0.478. The molecule has 0 saturated carbocycles. The monoisotopic (exact) mass is 768 g/mol. The van der Waals surface area contributed by atoms with Crippen molar-refractivity contribution in [3.05, 3.63) is 181 Å². The van der Waals surface area contributed by atoms with Crippen LogP contribution in [-0.2, 0) is 0 Å². The minimum atomic E-state index is 0.478. The van der Waals surface area contributed by atoms with Crippen molar-refractivity contribution in [2.45, 2.75) is 19.8 Å². The third-order valence-electron chi connectivity index (χ3n) is 13.0. The molecule has 0 spiro atoms. The zero-order chi connectivity index (χ0) is 38.9. The maximum atomic E-state index is 6.68. The molecule has 0 N–H and O–H groups in total. The van der Waals surface area contributed by atoms with Crippen LogP contribution in [0, 0.1) is 0 Å². The molecular weight excluding hydrogens is 733 g/mol. The fourth-order valence-corrected chi connectivity index (χ4v) is 11.2. The Balaban J connectivity index is 1.02. The van der Waals surface area contributed by atoms with Gasteiger partial charge in [0.2, 0.25) is 0 Å². The number of furan rings is 1. The number of thiophene rings is 1. The van der Waals surface area contributed by atoms with Crippen molar-refractivity contribution in [3.8, 4) is 22.3 Å². The van der Waals surface area contributed by atoms with E-state index in [4.69, 9.17) is 4.42 Å². The average molecular weight is 769 g/mol. The van der Waals surface area contributed by atoms with Gasteiger partial charge in [-0.2, -0.15) is 0 Å². The van der Waals surface area contributed by atoms with E-state index in [1.807, 2.05) is 11.3 Å². The number of benzene rings is 11. The van der Waals surface area contributed by atoms with Gasteiger partial charge in [0.15, 0.2) is 0 Å². The van der Waals surface area contributed by atoms with Gasteiger partial charge in [-0.25, -0.2) is 0 Å². The normalized spacial score (nSPS) is 12.4. The Labute approximate surface area is 344 Å². The Morgan fingerprint density at radius 3 is 1.49 bits per heavy atom. The van der Waals surface area contributed by atoms with Gasteiger partial charge in [-0.05, 0) is 147 Å². The summed E-state index contributed by atoms with van der Waals surface area (Å²) < 4.78 is 9.32. The largest absolute Gasteiger partial charge is 0.456 e. The van der Waals surface area contributed by atoms with Crippen molar-refractivity contribution in [1.82, 2.24) is 0 Å². The third-order valence-corrected chi connectivity index (χ3v) is 14.1. The molecule has 2 heterocycles. The predicted octanol–water partition coefficient (Wildman–Crippen LogP) is 17.3. The van der Waals surface area contributed by atoms with Gasteiger partial charge in [0.1, 0.15) is 11.2 Å². The van der Waals surface area contributed by atoms with E-state index < -0.39 is 0 Å². The van der Waals surface area contributed by atoms with Crippen LogP contribution < -0.4 is 0 Å². The van der Waals surface area contributed by atoms with Gasteiger partial charge in [0.25, 0.3) is 0 Å². The second kappa shape index (κ2) is 12.3. The molecule has 59 heavy (non-hydrogen) atoms. The zero-order valence-electron chi connectivity index (χ0n) is 32.6. The summed E-state index contributed by atoms with van der Waals surface area (Å²) in [7, 11) is 0. The van der Waals surface area contributed by atoms with E-state index in [-0.39, 0.29) is 0 Å². The van der Waals surface area contributed by atoms with Crippen LogP contribution in [0.25, 0.3) is 129 Å². The number of hydrogen-bond donors (Lipinski definition) is 0. The van der Waals surface area contributed by atoms with Crippen LogP contribution >= 0.6 is 11.3 Å².